The van der Waals surface area contributed by atoms with Crippen molar-refractivity contribution in [2.75, 3.05) is 7.11 Å². The van der Waals surface area contributed by atoms with Crippen LogP contribution in [0.25, 0.3) is 21.5 Å². The molecule has 6 fully saturated rings. The lowest BCUT2D eigenvalue weighted by molar-refractivity contribution is -0.147. The Morgan fingerprint density at radius 1 is 0.603 bits per heavy atom. The maximum atomic E-state index is 10.4. The van der Waals surface area contributed by atoms with Gasteiger partial charge in [-0.2, -0.15) is 0 Å². The number of benzene rings is 2. The molecule has 4 saturated carbocycles. The lowest BCUT2D eigenvalue weighted by Crippen LogP contribution is -2.54. The van der Waals surface area contributed by atoms with Crippen LogP contribution in [-0.2, 0) is 14.2 Å². The van der Waals surface area contributed by atoms with E-state index in [1.54, 1.807) is 5.57 Å². The highest BCUT2D eigenvalue weighted by Crippen LogP contribution is 2.71. The summed E-state index contributed by atoms with van der Waals surface area (Å²) in [5.41, 5.74) is 8.88. The van der Waals surface area contributed by atoms with Gasteiger partial charge in [0.15, 0.2) is 0 Å². The van der Waals surface area contributed by atoms with E-state index in [2.05, 4.69) is 96.7 Å². The number of methoxy groups -OCH3 is 1. The standard InChI is InChI=1S/C29H33NO2.C28H31NO2/c1-27-11-9-23-16-22-5-6-24(31-2)17-28(22)12-13-29(23,32-28)26(27)8-7-25(27)20-4-3-19-10-14-30-18-21(19)15-20;1-26-10-8-22-15-21-4-5-23(30)16-27(21)11-12-28(22,31-27)25(26)7-6-24(26)19-3-2-18-9-13-29-17-20(18)14-19/h3-4,9-10,14-16,18,24-26H,5-8,11-13,17H2,1-2H3;2-3,8-9,13-15,17,23-25,30H,4-7,10-12,16H2,1H3/t24-,25+,26+,27+,28?,29+;23-,24+,25+,26+,27?,28+/m00/s1. The third-order valence-corrected chi connectivity index (χ3v) is 19.8. The van der Waals surface area contributed by atoms with Gasteiger partial charge in [0.25, 0.3) is 0 Å². The molecular formula is C57H64N2O4. The molecule has 14 rings (SSSR count). The average Bonchev–Trinajstić information content (AvgIpc) is 4.03. The van der Waals surface area contributed by atoms with Gasteiger partial charge in [0.1, 0.15) is 0 Å². The first-order valence-corrected chi connectivity index (χ1v) is 24.7. The minimum atomic E-state index is -0.213. The van der Waals surface area contributed by atoms with Gasteiger partial charge in [0.05, 0.1) is 34.6 Å². The molecular weight excluding hydrogens is 777 g/mol. The fraction of sp³-hybridized carbons (Fsp3) is 0.544. The molecule has 10 aliphatic rings. The van der Waals surface area contributed by atoms with Gasteiger partial charge < -0.3 is 19.3 Å². The molecule has 0 radical (unpaired) electrons. The van der Waals surface area contributed by atoms with E-state index in [0.29, 0.717) is 29.8 Å². The van der Waals surface area contributed by atoms with Gasteiger partial charge in [-0.15, -0.1) is 0 Å². The summed E-state index contributed by atoms with van der Waals surface area (Å²) in [5, 5.41) is 15.5. The zero-order valence-corrected chi connectivity index (χ0v) is 37.6. The normalized spacial score (nSPS) is 42.6. The first-order chi connectivity index (χ1) is 30.6. The van der Waals surface area contributed by atoms with Crippen LogP contribution >= 0.6 is 0 Å². The zero-order valence-electron chi connectivity index (χ0n) is 37.6. The van der Waals surface area contributed by atoms with Crippen LogP contribution in [0.3, 0.4) is 0 Å². The molecule has 4 spiro atoms. The first kappa shape index (κ1) is 39.4. The van der Waals surface area contributed by atoms with Crippen LogP contribution in [0, 0.1) is 22.7 Å². The summed E-state index contributed by atoms with van der Waals surface area (Å²) in [5.74, 6) is 2.26. The number of nitrogens with zero attached hydrogens (tertiary/aromatic N) is 2. The van der Waals surface area contributed by atoms with Gasteiger partial charge in [-0.05, 0) is 193 Å². The fourth-order valence-electron chi connectivity index (χ4n) is 16.7. The fourth-order valence-corrected chi connectivity index (χ4v) is 16.7. The maximum absolute atomic E-state index is 10.4. The molecule has 4 bridgehead atoms. The molecule has 12 atom stereocenters. The molecule has 4 aliphatic heterocycles. The second-order valence-electron chi connectivity index (χ2n) is 22.4. The molecule has 2 unspecified atom stereocenters. The number of allylic oxidation sites excluding steroid dienone is 2. The van der Waals surface area contributed by atoms with Crippen molar-refractivity contribution in [3.63, 3.8) is 0 Å². The SMILES string of the molecule is CO[C@H]1CCC2=CC3=CC[C@]4(C)[C@@H](c5ccc6ccncc6c5)CC[C@H]4[C@@]34CCC2(C1)O4.C[C@]12CC=C3C=C4CC[C@H](O)CC45CC[C@]3(O5)[C@@H]1CC[C@@H]2c1ccc2ccncc2c1. The predicted octanol–water partition coefficient (Wildman–Crippen LogP) is 12.3. The van der Waals surface area contributed by atoms with Crippen molar-refractivity contribution in [2.24, 2.45) is 22.7 Å². The van der Waals surface area contributed by atoms with E-state index in [4.69, 9.17) is 14.2 Å². The molecule has 6 heterocycles. The topological polar surface area (TPSA) is 73.7 Å². The molecule has 2 aromatic carbocycles. The highest BCUT2D eigenvalue weighted by molar-refractivity contribution is 5.83. The highest BCUT2D eigenvalue weighted by atomic mass is 16.5. The van der Waals surface area contributed by atoms with Gasteiger partial charge in [0, 0.05) is 55.5 Å². The Morgan fingerprint density at radius 3 is 1.67 bits per heavy atom. The van der Waals surface area contributed by atoms with E-state index in [9.17, 15) is 5.11 Å². The molecule has 326 valence electrons. The smallest absolute Gasteiger partial charge is 0.0974 e. The Bertz CT molecular complexity index is 2680. The summed E-state index contributed by atoms with van der Waals surface area (Å²) in [4.78, 5) is 8.72. The first-order valence-electron chi connectivity index (χ1n) is 24.7. The third-order valence-electron chi connectivity index (χ3n) is 19.8. The van der Waals surface area contributed by atoms with Crippen LogP contribution in [0.5, 0.6) is 0 Å². The minimum absolute atomic E-state index is 0.0682. The molecule has 1 N–H and O–H groups in total. The van der Waals surface area contributed by atoms with Gasteiger partial charge in [-0.1, -0.05) is 62.4 Å². The lowest BCUT2D eigenvalue weighted by Gasteiger charge is -2.54. The quantitative estimate of drug-likeness (QED) is 0.221. The summed E-state index contributed by atoms with van der Waals surface area (Å²) < 4.78 is 20.3. The Hall–Kier alpha value is -3.94. The van der Waals surface area contributed by atoms with E-state index >= 15 is 0 Å². The number of pyridine rings is 2. The van der Waals surface area contributed by atoms with E-state index in [1.807, 2.05) is 31.9 Å². The summed E-state index contributed by atoms with van der Waals surface area (Å²) >= 11 is 0. The molecule has 63 heavy (non-hydrogen) atoms. The number of fused-ring (bicyclic) bond motifs is 4. The number of aromatic nitrogens is 2. The summed E-state index contributed by atoms with van der Waals surface area (Å²) in [6, 6.07) is 18.3. The van der Waals surface area contributed by atoms with Crippen molar-refractivity contribution >= 4 is 21.5 Å². The Kier molecular flexibility index (Phi) is 8.63. The van der Waals surface area contributed by atoms with Gasteiger partial charge in [-0.25, -0.2) is 0 Å². The van der Waals surface area contributed by atoms with Crippen LogP contribution in [-0.4, -0.2) is 56.8 Å². The monoisotopic (exact) mass is 840 g/mol. The Labute approximate surface area is 373 Å². The zero-order chi connectivity index (χ0) is 42.4. The van der Waals surface area contributed by atoms with Crippen molar-refractivity contribution in [1.29, 1.82) is 0 Å². The number of ether oxygens (including phenoxy) is 3. The average molecular weight is 841 g/mol. The van der Waals surface area contributed by atoms with E-state index < -0.39 is 0 Å². The van der Waals surface area contributed by atoms with Crippen LogP contribution in [0.15, 0.2) is 120 Å². The number of aliphatic hydroxyl groups is 1. The van der Waals surface area contributed by atoms with Crippen LogP contribution in [0.2, 0.25) is 0 Å². The van der Waals surface area contributed by atoms with Crippen LogP contribution < -0.4 is 0 Å². The summed E-state index contributed by atoms with van der Waals surface area (Å²) in [7, 11) is 1.87. The summed E-state index contributed by atoms with van der Waals surface area (Å²) in [6.07, 6.45) is 35.8. The third kappa shape index (κ3) is 5.50. The van der Waals surface area contributed by atoms with Gasteiger partial charge in [-0.3, -0.25) is 9.97 Å². The predicted molar refractivity (Wildman–Crippen MR) is 248 cm³/mol. The van der Waals surface area contributed by atoms with Crippen LogP contribution in [0.1, 0.15) is 140 Å². The molecule has 0 amide bonds. The second-order valence-corrected chi connectivity index (χ2v) is 22.4. The number of aliphatic hydroxyl groups excluding tert-OH is 1. The second kappa shape index (κ2) is 13.8. The van der Waals surface area contributed by atoms with Gasteiger partial charge in [0.2, 0.25) is 0 Å². The lowest BCUT2D eigenvalue weighted by atomic mass is 9.58. The summed E-state index contributed by atoms with van der Waals surface area (Å²) in [6.45, 7) is 5.07. The minimum Gasteiger partial charge on any atom is -0.393 e. The number of hydrogen-bond acceptors (Lipinski definition) is 6. The Balaban J connectivity index is 0.000000128. The van der Waals surface area contributed by atoms with E-state index in [0.717, 1.165) is 70.6 Å². The Morgan fingerprint density at radius 2 is 1.13 bits per heavy atom. The molecule has 2 aromatic heterocycles. The van der Waals surface area contributed by atoms with Crippen LogP contribution in [0.4, 0.5) is 0 Å². The van der Waals surface area contributed by atoms with Crippen molar-refractivity contribution in [1.82, 2.24) is 9.97 Å². The van der Waals surface area contributed by atoms with Crippen molar-refractivity contribution in [3.8, 4) is 0 Å². The van der Waals surface area contributed by atoms with Crippen molar-refractivity contribution < 1.29 is 19.3 Å². The molecule has 6 nitrogen and oxygen atoms in total. The highest BCUT2D eigenvalue weighted by Gasteiger charge is 2.68. The van der Waals surface area contributed by atoms with E-state index in [-0.39, 0.29) is 39.3 Å². The van der Waals surface area contributed by atoms with Crippen molar-refractivity contribution in [3.05, 3.63) is 131 Å². The number of hydrogen-bond donors (Lipinski definition) is 1. The maximum Gasteiger partial charge on any atom is 0.0974 e. The van der Waals surface area contributed by atoms with Gasteiger partial charge >= 0.3 is 0 Å². The number of rotatable bonds is 3. The molecule has 2 saturated heterocycles. The van der Waals surface area contributed by atoms with E-state index in [1.165, 1.54) is 81.5 Å². The molecule has 4 aromatic rings. The molecule has 6 aliphatic carbocycles. The molecule has 6 heteroatoms. The largest absolute Gasteiger partial charge is 0.393 e. The van der Waals surface area contributed by atoms with Crippen molar-refractivity contribution in [2.45, 2.75) is 163 Å².